The molecule has 0 radical (unpaired) electrons. The fraction of sp³-hybridized carbons (Fsp3) is 0.684. The zero-order chi connectivity index (χ0) is 18.1. The molecule has 0 aliphatic heterocycles. The van der Waals surface area contributed by atoms with Crippen LogP contribution in [0, 0.1) is 5.92 Å². The topological polar surface area (TPSA) is 52.6 Å². The quantitative estimate of drug-likeness (QED) is 0.310. The number of esters is 2. The molecule has 0 fully saturated rings. The normalized spacial score (nSPS) is 9.61. The summed E-state index contributed by atoms with van der Waals surface area (Å²) in [5.74, 6) is 0.172. The van der Waals surface area contributed by atoms with Crippen LogP contribution in [0.15, 0.2) is 24.8 Å². The van der Waals surface area contributed by atoms with E-state index in [1.54, 1.807) is 6.92 Å². The van der Waals surface area contributed by atoms with Crippen LogP contribution >= 0.6 is 0 Å². The molecule has 0 amide bonds. The Labute approximate surface area is 141 Å². The highest BCUT2D eigenvalue weighted by molar-refractivity contribution is 5.86. The van der Waals surface area contributed by atoms with Gasteiger partial charge < -0.3 is 9.47 Å². The number of hydrogen-bond acceptors (Lipinski definition) is 4. The summed E-state index contributed by atoms with van der Waals surface area (Å²) in [7, 11) is 0. The molecule has 0 unspecified atom stereocenters. The fourth-order valence-electron chi connectivity index (χ4n) is 1.50. The molecule has 0 aliphatic carbocycles. The first-order valence-electron chi connectivity index (χ1n) is 8.46. The maximum Gasteiger partial charge on any atom is 0.333 e. The van der Waals surface area contributed by atoms with Crippen LogP contribution in [0.2, 0.25) is 0 Å². The van der Waals surface area contributed by atoms with Gasteiger partial charge in [0.2, 0.25) is 0 Å². The van der Waals surface area contributed by atoms with E-state index in [9.17, 15) is 9.59 Å². The van der Waals surface area contributed by atoms with Gasteiger partial charge in [0.1, 0.15) is 0 Å². The number of carbonyl (C=O) groups excluding carboxylic acids is 2. The van der Waals surface area contributed by atoms with Crippen molar-refractivity contribution < 1.29 is 19.1 Å². The third-order valence-corrected chi connectivity index (χ3v) is 2.92. The first-order valence-corrected chi connectivity index (χ1v) is 8.46. The predicted octanol–water partition coefficient (Wildman–Crippen LogP) is 4.84. The van der Waals surface area contributed by atoms with Crippen molar-refractivity contribution in [2.75, 3.05) is 13.2 Å². The molecule has 0 aromatic rings. The molecule has 0 bridgehead atoms. The lowest BCUT2D eigenvalue weighted by Gasteiger charge is -2.05. The predicted molar refractivity (Wildman–Crippen MR) is 95.1 cm³/mol. The van der Waals surface area contributed by atoms with Gasteiger partial charge in [0, 0.05) is 11.6 Å². The largest absolute Gasteiger partial charge is 0.463 e. The van der Waals surface area contributed by atoms with Gasteiger partial charge in [0.15, 0.2) is 0 Å². The van der Waals surface area contributed by atoms with E-state index in [4.69, 9.17) is 4.74 Å². The van der Waals surface area contributed by atoms with Crippen molar-refractivity contribution in [2.24, 2.45) is 5.92 Å². The Hall–Kier alpha value is -1.58. The SMILES string of the molecule is C=C(C)C(=O)OCCCCCC(C)C.C=CC(=O)OCCCC. The molecule has 134 valence electrons. The molecule has 4 nitrogen and oxygen atoms in total. The van der Waals surface area contributed by atoms with Gasteiger partial charge in [-0.2, -0.15) is 0 Å². The Bertz CT molecular complexity index is 345. The molecular formula is C19H34O4. The van der Waals surface area contributed by atoms with Gasteiger partial charge >= 0.3 is 11.9 Å². The van der Waals surface area contributed by atoms with E-state index in [0.29, 0.717) is 18.8 Å². The van der Waals surface area contributed by atoms with E-state index in [2.05, 4.69) is 31.7 Å². The van der Waals surface area contributed by atoms with Crippen molar-refractivity contribution in [1.82, 2.24) is 0 Å². The van der Waals surface area contributed by atoms with Crippen LogP contribution in [-0.2, 0) is 19.1 Å². The zero-order valence-electron chi connectivity index (χ0n) is 15.4. The van der Waals surface area contributed by atoms with Crippen molar-refractivity contribution in [2.45, 2.75) is 66.2 Å². The van der Waals surface area contributed by atoms with Crippen LogP contribution in [0.5, 0.6) is 0 Å². The van der Waals surface area contributed by atoms with E-state index in [1.165, 1.54) is 18.9 Å². The lowest BCUT2D eigenvalue weighted by Crippen LogP contribution is -2.06. The number of carbonyl (C=O) groups is 2. The van der Waals surface area contributed by atoms with Crippen molar-refractivity contribution in [3.63, 3.8) is 0 Å². The monoisotopic (exact) mass is 326 g/mol. The lowest BCUT2D eigenvalue weighted by molar-refractivity contribution is -0.139. The van der Waals surface area contributed by atoms with Crippen LogP contribution in [0.3, 0.4) is 0 Å². The third-order valence-electron chi connectivity index (χ3n) is 2.92. The Kier molecular flexibility index (Phi) is 17.3. The van der Waals surface area contributed by atoms with E-state index >= 15 is 0 Å². The number of rotatable bonds is 11. The highest BCUT2D eigenvalue weighted by atomic mass is 16.5. The van der Waals surface area contributed by atoms with Gasteiger partial charge in [-0.3, -0.25) is 0 Å². The summed E-state index contributed by atoms with van der Waals surface area (Å²) in [5, 5.41) is 0. The number of unbranched alkanes of at least 4 members (excludes halogenated alkanes) is 3. The Morgan fingerprint density at radius 1 is 1.04 bits per heavy atom. The number of hydrogen-bond donors (Lipinski definition) is 0. The van der Waals surface area contributed by atoms with Crippen LogP contribution < -0.4 is 0 Å². The van der Waals surface area contributed by atoms with Gasteiger partial charge in [-0.15, -0.1) is 0 Å². The fourth-order valence-corrected chi connectivity index (χ4v) is 1.50. The molecule has 0 aliphatic rings. The summed E-state index contributed by atoms with van der Waals surface area (Å²) in [6, 6.07) is 0. The van der Waals surface area contributed by atoms with E-state index < -0.39 is 0 Å². The number of ether oxygens (including phenoxy) is 2. The first-order chi connectivity index (χ1) is 10.8. The van der Waals surface area contributed by atoms with Crippen LogP contribution in [0.1, 0.15) is 66.2 Å². The van der Waals surface area contributed by atoms with Crippen molar-refractivity contribution in [1.29, 1.82) is 0 Å². The molecular weight excluding hydrogens is 292 g/mol. The van der Waals surface area contributed by atoms with Crippen LogP contribution in [-0.4, -0.2) is 25.2 Å². The molecule has 0 atom stereocenters. The van der Waals surface area contributed by atoms with Crippen molar-refractivity contribution in [3.05, 3.63) is 24.8 Å². The standard InChI is InChI=1S/C12H22O2.C7H12O2/c1-10(2)8-6-5-7-9-14-12(13)11(3)4;1-3-5-6-9-7(8)4-2/h10H,3,5-9H2,1-2,4H3;4H,2-3,5-6H2,1H3. The van der Waals surface area contributed by atoms with Crippen molar-refractivity contribution >= 4 is 11.9 Å². The Balaban J connectivity index is 0. The zero-order valence-corrected chi connectivity index (χ0v) is 15.4. The minimum Gasteiger partial charge on any atom is -0.463 e. The smallest absolute Gasteiger partial charge is 0.333 e. The summed E-state index contributed by atoms with van der Waals surface area (Å²) in [6.45, 7) is 16.0. The molecule has 0 aromatic carbocycles. The Morgan fingerprint density at radius 2 is 1.65 bits per heavy atom. The van der Waals surface area contributed by atoms with Gasteiger partial charge in [-0.05, 0) is 25.7 Å². The summed E-state index contributed by atoms with van der Waals surface area (Å²) in [4.78, 5) is 21.3. The summed E-state index contributed by atoms with van der Waals surface area (Å²) >= 11 is 0. The highest BCUT2D eigenvalue weighted by Crippen LogP contribution is 2.08. The van der Waals surface area contributed by atoms with Gasteiger partial charge in [-0.1, -0.05) is 59.6 Å². The Morgan fingerprint density at radius 3 is 2.13 bits per heavy atom. The molecule has 0 rings (SSSR count). The average Bonchev–Trinajstić information content (AvgIpc) is 2.50. The average molecular weight is 326 g/mol. The van der Waals surface area contributed by atoms with Gasteiger partial charge in [0.05, 0.1) is 13.2 Å². The second-order valence-corrected chi connectivity index (χ2v) is 5.88. The summed E-state index contributed by atoms with van der Waals surface area (Å²) in [5.41, 5.74) is 0.479. The lowest BCUT2D eigenvalue weighted by atomic mass is 10.1. The molecule has 0 saturated heterocycles. The highest BCUT2D eigenvalue weighted by Gasteiger charge is 2.01. The second-order valence-electron chi connectivity index (χ2n) is 5.88. The minimum atomic E-state index is -0.330. The van der Waals surface area contributed by atoms with E-state index in [-0.39, 0.29) is 11.9 Å². The van der Waals surface area contributed by atoms with Crippen LogP contribution in [0.25, 0.3) is 0 Å². The van der Waals surface area contributed by atoms with Gasteiger partial charge in [0.25, 0.3) is 0 Å². The van der Waals surface area contributed by atoms with Crippen molar-refractivity contribution in [3.8, 4) is 0 Å². The molecule has 0 heterocycles. The van der Waals surface area contributed by atoms with Gasteiger partial charge in [-0.25, -0.2) is 9.59 Å². The maximum atomic E-state index is 11.0. The first kappa shape index (κ1) is 23.7. The molecule has 0 aromatic heterocycles. The summed E-state index contributed by atoms with van der Waals surface area (Å²) in [6.07, 6.45) is 7.74. The van der Waals surface area contributed by atoms with Crippen LogP contribution in [0.4, 0.5) is 0 Å². The molecule has 0 saturated carbocycles. The van der Waals surface area contributed by atoms with E-state index in [1.807, 2.05) is 6.92 Å². The molecule has 4 heteroatoms. The maximum absolute atomic E-state index is 11.0. The third kappa shape index (κ3) is 20.4. The van der Waals surface area contributed by atoms with E-state index in [0.717, 1.165) is 31.6 Å². The molecule has 0 N–H and O–H groups in total. The second kappa shape index (κ2) is 16.8. The summed E-state index contributed by atoms with van der Waals surface area (Å²) < 4.78 is 9.65. The minimum absolute atomic E-state index is 0.270. The molecule has 23 heavy (non-hydrogen) atoms. The molecule has 0 spiro atoms.